The molecule has 0 amide bonds. The molecule has 1 aliphatic carbocycles. The van der Waals surface area contributed by atoms with E-state index in [1.54, 1.807) is 0 Å². The standard InChI is InChI=1S/C15H28N2O/c1-2-6-15(7-3-1)13-14(5-12-18-15)17-10-4-8-16-9-11-17/h14,16H,1-13H2. The summed E-state index contributed by atoms with van der Waals surface area (Å²) in [4.78, 5) is 2.73. The molecule has 2 aliphatic heterocycles. The smallest absolute Gasteiger partial charge is 0.0697 e. The van der Waals surface area contributed by atoms with Crippen LogP contribution in [0.4, 0.5) is 0 Å². The lowest BCUT2D eigenvalue weighted by atomic mass is 9.78. The van der Waals surface area contributed by atoms with Crippen LogP contribution in [0, 0.1) is 0 Å². The Kier molecular flexibility index (Phi) is 4.22. The average molecular weight is 252 g/mol. The van der Waals surface area contributed by atoms with Gasteiger partial charge in [0.05, 0.1) is 5.60 Å². The minimum atomic E-state index is 0.265. The lowest BCUT2D eigenvalue weighted by Crippen LogP contribution is -2.50. The molecule has 18 heavy (non-hydrogen) atoms. The van der Waals surface area contributed by atoms with E-state index in [2.05, 4.69) is 10.2 Å². The summed E-state index contributed by atoms with van der Waals surface area (Å²) >= 11 is 0. The number of rotatable bonds is 1. The summed E-state index contributed by atoms with van der Waals surface area (Å²) in [5, 5.41) is 3.51. The Morgan fingerprint density at radius 3 is 2.78 bits per heavy atom. The molecule has 3 fully saturated rings. The van der Waals surface area contributed by atoms with Crippen molar-refractivity contribution in [2.75, 3.05) is 32.8 Å². The maximum Gasteiger partial charge on any atom is 0.0697 e. The number of nitrogens with one attached hydrogen (secondary N) is 1. The van der Waals surface area contributed by atoms with Gasteiger partial charge >= 0.3 is 0 Å². The lowest BCUT2D eigenvalue weighted by molar-refractivity contribution is -0.123. The SMILES string of the molecule is C1CCC2(CC1)CC(N1CCCNCC1)CCO2. The third kappa shape index (κ3) is 2.89. The summed E-state index contributed by atoms with van der Waals surface area (Å²) in [6.45, 7) is 5.89. The Morgan fingerprint density at radius 2 is 1.89 bits per heavy atom. The van der Waals surface area contributed by atoms with Gasteiger partial charge in [-0.25, -0.2) is 0 Å². The van der Waals surface area contributed by atoms with Crippen molar-refractivity contribution in [3.8, 4) is 0 Å². The number of nitrogens with zero attached hydrogens (tertiary/aromatic N) is 1. The van der Waals surface area contributed by atoms with Gasteiger partial charge in [-0.2, -0.15) is 0 Å². The highest BCUT2D eigenvalue weighted by molar-refractivity contribution is 4.93. The van der Waals surface area contributed by atoms with Crippen LogP contribution in [0.15, 0.2) is 0 Å². The van der Waals surface area contributed by atoms with E-state index in [4.69, 9.17) is 4.74 Å². The molecule has 1 spiro atoms. The van der Waals surface area contributed by atoms with Gasteiger partial charge in [-0.1, -0.05) is 19.3 Å². The second-order valence-electron chi connectivity index (χ2n) is 6.38. The predicted molar refractivity (Wildman–Crippen MR) is 73.8 cm³/mol. The van der Waals surface area contributed by atoms with Crippen molar-refractivity contribution < 1.29 is 4.74 Å². The van der Waals surface area contributed by atoms with Crippen molar-refractivity contribution in [2.24, 2.45) is 0 Å². The number of hydrogen-bond acceptors (Lipinski definition) is 3. The Hall–Kier alpha value is -0.120. The minimum Gasteiger partial charge on any atom is -0.375 e. The van der Waals surface area contributed by atoms with Crippen molar-refractivity contribution in [2.45, 2.75) is 63.0 Å². The first-order chi connectivity index (χ1) is 8.88. The van der Waals surface area contributed by atoms with Gasteiger partial charge in [-0.05, 0) is 45.2 Å². The lowest BCUT2D eigenvalue weighted by Gasteiger charge is -2.46. The zero-order valence-electron chi connectivity index (χ0n) is 11.6. The van der Waals surface area contributed by atoms with Gasteiger partial charge < -0.3 is 10.1 Å². The molecule has 3 rings (SSSR count). The van der Waals surface area contributed by atoms with E-state index >= 15 is 0 Å². The summed E-state index contributed by atoms with van der Waals surface area (Å²) in [7, 11) is 0. The quantitative estimate of drug-likeness (QED) is 0.774. The molecule has 104 valence electrons. The van der Waals surface area contributed by atoms with Gasteiger partial charge in [-0.3, -0.25) is 4.90 Å². The van der Waals surface area contributed by atoms with E-state index in [0.717, 1.165) is 12.6 Å². The Balaban J connectivity index is 1.61. The van der Waals surface area contributed by atoms with Crippen LogP contribution in [0.5, 0.6) is 0 Å². The predicted octanol–water partition coefficient (Wildman–Crippen LogP) is 2.16. The van der Waals surface area contributed by atoms with E-state index in [1.165, 1.54) is 77.5 Å². The highest BCUT2D eigenvalue weighted by Gasteiger charge is 2.40. The summed E-state index contributed by atoms with van der Waals surface area (Å²) in [6.07, 6.45) is 10.7. The summed E-state index contributed by atoms with van der Waals surface area (Å²) in [6, 6.07) is 0.789. The third-order valence-electron chi connectivity index (χ3n) is 5.12. The maximum atomic E-state index is 6.22. The second-order valence-corrected chi connectivity index (χ2v) is 6.38. The minimum absolute atomic E-state index is 0.265. The van der Waals surface area contributed by atoms with Crippen molar-refractivity contribution in [1.29, 1.82) is 0 Å². The van der Waals surface area contributed by atoms with Crippen LogP contribution in [0.25, 0.3) is 0 Å². The van der Waals surface area contributed by atoms with Crippen LogP contribution in [0.1, 0.15) is 51.4 Å². The van der Waals surface area contributed by atoms with E-state index in [9.17, 15) is 0 Å². The Bertz CT molecular complexity index is 250. The van der Waals surface area contributed by atoms with Crippen LogP contribution in [0.2, 0.25) is 0 Å². The van der Waals surface area contributed by atoms with Crippen LogP contribution in [-0.2, 0) is 4.74 Å². The molecule has 1 atom stereocenters. The number of hydrogen-bond donors (Lipinski definition) is 1. The summed E-state index contributed by atoms with van der Waals surface area (Å²) in [5.74, 6) is 0. The van der Waals surface area contributed by atoms with Crippen LogP contribution in [0.3, 0.4) is 0 Å². The third-order valence-corrected chi connectivity index (χ3v) is 5.12. The first kappa shape index (κ1) is 12.9. The molecule has 0 bridgehead atoms. The van der Waals surface area contributed by atoms with Gasteiger partial charge in [0.15, 0.2) is 0 Å². The first-order valence-electron chi connectivity index (χ1n) is 7.97. The molecular formula is C15H28N2O. The Morgan fingerprint density at radius 1 is 1.00 bits per heavy atom. The molecule has 1 N–H and O–H groups in total. The molecular weight excluding hydrogens is 224 g/mol. The largest absolute Gasteiger partial charge is 0.375 e. The van der Waals surface area contributed by atoms with E-state index in [1.807, 2.05) is 0 Å². The molecule has 3 aliphatic rings. The first-order valence-corrected chi connectivity index (χ1v) is 7.97. The van der Waals surface area contributed by atoms with E-state index in [0.29, 0.717) is 0 Å². The van der Waals surface area contributed by atoms with Crippen molar-refractivity contribution >= 4 is 0 Å². The molecule has 1 saturated carbocycles. The van der Waals surface area contributed by atoms with Gasteiger partial charge in [0, 0.05) is 25.7 Å². The fourth-order valence-electron chi connectivity index (χ4n) is 4.09. The van der Waals surface area contributed by atoms with Crippen LogP contribution >= 0.6 is 0 Å². The van der Waals surface area contributed by atoms with E-state index < -0.39 is 0 Å². The van der Waals surface area contributed by atoms with Crippen molar-refractivity contribution in [1.82, 2.24) is 10.2 Å². The molecule has 0 aromatic carbocycles. The van der Waals surface area contributed by atoms with Gasteiger partial charge in [-0.15, -0.1) is 0 Å². The zero-order valence-corrected chi connectivity index (χ0v) is 11.6. The van der Waals surface area contributed by atoms with Gasteiger partial charge in [0.2, 0.25) is 0 Å². The zero-order chi connectivity index (χ0) is 12.3. The molecule has 0 radical (unpaired) electrons. The molecule has 2 heterocycles. The molecule has 1 unspecified atom stereocenters. The normalized spacial score (nSPS) is 34.3. The highest BCUT2D eigenvalue weighted by atomic mass is 16.5. The fourth-order valence-corrected chi connectivity index (χ4v) is 4.09. The number of ether oxygens (including phenoxy) is 1. The molecule has 3 nitrogen and oxygen atoms in total. The molecule has 0 aromatic rings. The Labute approximate surface area is 111 Å². The van der Waals surface area contributed by atoms with Crippen LogP contribution < -0.4 is 5.32 Å². The summed E-state index contributed by atoms with van der Waals surface area (Å²) < 4.78 is 6.22. The second kappa shape index (κ2) is 5.89. The monoisotopic (exact) mass is 252 g/mol. The average Bonchev–Trinajstić information content (AvgIpc) is 2.68. The maximum absolute atomic E-state index is 6.22. The topological polar surface area (TPSA) is 24.5 Å². The highest BCUT2D eigenvalue weighted by Crippen LogP contribution is 2.39. The van der Waals surface area contributed by atoms with E-state index in [-0.39, 0.29) is 5.60 Å². The fraction of sp³-hybridized carbons (Fsp3) is 1.00. The molecule has 2 saturated heterocycles. The van der Waals surface area contributed by atoms with Gasteiger partial charge in [0.1, 0.15) is 0 Å². The molecule has 3 heteroatoms. The van der Waals surface area contributed by atoms with Gasteiger partial charge in [0.25, 0.3) is 0 Å². The van der Waals surface area contributed by atoms with Crippen LogP contribution in [-0.4, -0.2) is 49.3 Å². The van der Waals surface area contributed by atoms with Crippen molar-refractivity contribution in [3.05, 3.63) is 0 Å². The molecule has 0 aromatic heterocycles. The summed E-state index contributed by atoms with van der Waals surface area (Å²) in [5.41, 5.74) is 0.265. The van der Waals surface area contributed by atoms with Crippen molar-refractivity contribution in [3.63, 3.8) is 0 Å².